The number of amides is 3. The Bertz CT molecular complexity index is 704. The number of urea groups is 1. The lowest BCUT2D eigenvalue weighted by Crippen LogP contribution is -2.57. The van der Waals surface area contributed by atoms with E-state index in [0.717, 1.165) is 11.1 Å². The Balaban J connectivity index is 2.07. The second-order valence-electron chi connectivity index (χ2n) is 5.25. The second kappa shape index (κ2) is 6.62. The lowest BCUT2D eigenvalue weighted by Gasteiger charge is -2.37. The van der Waals surface area contributed by atoms with Crippen molar-refractivity contribution in [3.8, 4) is 0 Å². The van der Waals surface area contributed by atoms with E-state index in [0.29, 0.717) is 12.2 Å². The molecular weight excluding hydrogens is 292 g/mol. The average Bonchev–Trinajstić information content (AvgIpc) is 2.79. The number of fused-ring (bicyclic) bond motifs is 1. The van der Waals surface area contributed by atoms with Crippen LogP contribution in [-0.2, 0) is 9.53 Å². The van der Waals surface area contributed by atoms with E-state index in [1.807, 2.05) is 55.5 Å². The molecule has 1 unspecified atom stereocenters. The monoisotopic (exact) mass is 310 g/mol. The van der Waals surface area contributed by atoms with E-state index in [1.54, 1.807) is 11.0 Å². The van der Waals surface area contributed by atoms with Gasteiger partial charge in [0.2, 0.25) is 0 Å². The van der Waals surface area contributed by atoms with E-state index in [4.69, 9.17) is 4.74 Å². The summed E-state index contributed by atoms with van der Waals surface area (Å²) in [6.07, 6.45) is 7.38. The van der Waals surface area contributed by atoms with E-state index < -0.39 is 12.1 Å². The first-order valence-corrected chi connectivity index (χ1v) is 7.56. The van der Waals surface area contributed by atoms with Crippen molar-refractivity contribution >= 4 is 17.5 Å². The SMILES string of the molecule is CCOCN1C(=O)NC(=O)C2=CC=CC=C(c3ccccc3)C21. The van der Waals surface area contributed by atoms with Crippen LogP contribution >= 0.6 is 0 Å². The fourth-order valence-corrected chi connectivity index (χ4v) is 2.77. The predicted octanol–water partition coefficient (Wildman–Crippen LogP) is 2.48. The maximum absolute atomic E-state index is 12.3. The van der Waals surface area contributed by atoms with Crippen LogP contribution in [0.25, 0.3) is 5.57 Å². The molecule has 1 aromatic rings. The summed E-state index contributed by atoms with van der Waals surface area (Å²) in [4.78, 5) is 26.1. The fraction of sp³-hybridized carbons (Fsp3) is 0.222. The number of ether oxygens (including phenoxy) is 1. The molecule has 2 aliphatic rings. The summed E-state index contributed by atoms with van der Waals surface area (Å²) in [6, 6.07) is 8.85. The van der Waals surface area contributed by atoms with Gasteiger partial charge in [-0.15, -0.1) is 0 Å². The number of imide groups is 1. The van der Waals surface area contributed by atoms with Crippen LogP contribution in [0.5, 0.6) is 0 Å². The van der Waals surface area contributed by atoms with E-state index in [1.165, 1.54) is 0 Å². The molecule has 1 aliphatic heterocycles. The highest BCUT2D eigenvalue weighted by molar-refractivity contribution is 6.10. The molecule has 23 heavy (non-hydrogen) atoms. The molecule has 0 saturated carbocycles. The molecule has 0 spiro atoms. The van der Waals surface area contributed by atoms with Crippen molar-refractivity contribution in [2.75, 3.05) is 13.3 Å². The van der Waals surface area contributed by atoms with Crippen molar-refractivity contribution in [3.63, 3.8) is 0 Å². The number of nitrogens with zero attached hydrogens (tertiary/aromatic N) is 1. The summed E-state index contributed by atoms with van der Waals surface area (Å²) >= 11 is 0. The third kappa shape index (κ3) is 2.96. The van der Waals surface area contributed by atoms with Crippen LogP contribution in [-0.4, -0.2) is 36.2 Å². The molecule has 1 saturated heterocycles. The number of carbonyl (C=O) groups is 2. The Labute approximate surface area is 134 Å². The lowest BCUT2D eigenvalue weighted by molar-refractivity contribution is -0.118. The number of hydrogen-bond acceptors (Lipinski definition) is 3. The Morgan fingerprint density at radius 2 is 1.78 bits per heavy atom. The normalized spacial score (nSPS) is 20.4. The van der Waals surface area contributed by atoms with E-state index in [9.17, 15) is 9.59 Å². The van der Waals surface area contributed by atoms with Gasteiger partial charge >= 0.3 is 6.03 Å². The van der Waals surface area contributed by atoms with Crippen molar-refractivity contribution in [1.82, 2.24) is 10.2 Å². The zero-order valence-electron chi connectivity index (χ0n) is 12.9. The number of allylic oxidation sites excluding steroid dienone is 4. The third-order valence-electron chi connectivity index (χ3n) is 3.85. The highest BCUT2D eigenvalue weighted by Crippen LogP contribution is 2.32. The molecule has 1 fully saturated rings. The highest BCUT2D eigenvalue weighted by atomic mass is 16.5. The molecule has 5 heteroatoms. The summed E-state index contributed by atoms with van der Waals surface area (Å²) in [5.74, 6) is -0.360. The molecule has 0 bridgehead atoms. The quantitative estimate of drug-likeness (QED) is 0.929. The molecule has 5 nitrogen and oxygen atoms in total. The minimum absolute atomic E-state index is 0.127. The van der Waals surface area contributed by atoms with Gasteiger partial charge in [0, 0.05) is 12.2 Å². The van der Waals surface area contributed by atoms with Crippen LogP contribution < -0.4 is 5.32 Å². The zero-order valence-corrected chi connectivity index (χ0v) is 12.9. The van der Waals surface area contributed by atoms with E-state index in [2.05, 4.69) is 5.32 Å². The van der Waals surface area contributed by atoms with Crippen molar-refractivity contribution in [2.24, 2.45) is 0 Å². The van der Waals surface area contributed by atoms with Gasteiger partial charge in [0.05, 0.1) is 6.04 Å². The Morgan fingerprint density at radius 3 is 2.48 bits per heavy atom. The standard InChI is InChI=1S/C18H18N2O3/c1-2-23-12-20-16-14(13-8-4-3-5-9-13)10-6-7-11-15(16)17(21)19-18(20)22/h3-11,16H,2,12H2,1H3,(H,19,21,22). The molecular formula is C18H18N2O3. The van der Waals surface area contributed by atoms with Crippen molar-refractivity contribution in [3.05, 3.63) is 65.8 Å². The van der Waals surface area contributed by atoms with E-state index >= 15 is 0 Å². The maximum atomic E-state index is 12.3. The summed E-state index contributed by atoms with van der Waals surface area (Å²) < 4.78 is 5.43. The van der Waals surface area contributed by atoms with Gasteiger partial charge in [-0.3, -0.25) is 15.0 Å². The van der Waals surface area contributed by atoms with Gasteiger partial charge in [0.1, 0.15) is 6.73 Å². The van der Waals surface area contributed by atoms with Gasteiger partial charge in [-0.2, -0.15) is 0 Å². The summed E-state index contributed by atoms with van der Waals surface area (Å²) in [5.41, 5.74) is 2.40. The topological polar surface area (TPSA) is 58.6 Å². The molecule has 1 aromatic carbocycles. The average molecular weight is 310 g/mol. The number of nitrogens with one attached hydrogen (secondary N) is 1. The van der Waals surface area contributed by atoms with Gasteiger partial charge in [0.25, 0.3) is 5.91 Å². The van der Waals surface area contributed by atoms with Gasteiger partial charge in [0.15, 0.2) is 0 Å². The number of hydrogen-bond donors (Lipinski definition) is 1. The summed E-state index contributed by atoms with van der Waals surface area (Å²) in [7, 11) is 0. The minimum atomic E-state index is -0.458. The molecule has 1 atom stereocenters. The van der Waals surface area contributed by atoms with Crippen LogP contribution in [0.15, 0.2) is 60.2 Å². The van der Waals surface area contributed by atoms with Crippen molar-refractivity contribution < 1.29 is 14.3 Å². The molecule has 0 aromatic heterocycles. The molecule has 118 valence electrons. The number of carbonyl (C=O) groups excluding carboxylic acids is 2. The van der Waals surface area contributed by atoms with E-state index in [-0.39, 0.29) is 12.6 Å². The predicted molar refractivity (Wildman–Crippen MR) is 87.3 cm³/mol. The molecule has 1 heterocycles. The maximum Gasteiger partial charge on any atom is 0.326 e. The molecule has 1 aliphatic carbocycles. The fourth-order valence-electron chi connectivity index (χ4n) is 2.77. The lowest BCUT2D eigenvalue weighted by atomic mass is 9.90. The number of benzene rings is 1. The van der Waals surface area contributed by atoms with Crippen molar-refractivity contribution in [1.29, 1.82) is 0 Å². The Kier molecular flexibility index (Phi) is 4.39. The number of rotatable bonds is 4. The first-order valence-electron chi connectivity index (χ1n) is 7.56. The largest absolute Gasteiger partial charge is 0.361 e. The third-order valence-corrected chi connectivity index (χ3v) is 3.85. The van der Waals surface area contributed by atoms with Crippen molar-refractivity contribution in [2.45, 2.75) is 13.0 Å². The zero-order chi connectivity index (χ0) is 16.2. The first-order chi connectivity index (χ1) is 11.2. The van der Waals surface area contributed by atoms with Gasteiger partial charge in [-0.25, -0.2) is 4.79 Å². The van der Waals surface area contributed by atoms with Crippen LogP contribution in [0.2, 0.25) is 0 Å². The summed E-state index contributed by atoms with van der Waals surface area (Å²) in [5, 5.41) is 2.38. The molecule has 3 amide bonds. The van der Waals surface area contributed by atoms with Crippen LogP contribution in [0, 0.1) is 0 Å². The second-order valence-corrected chi connectivity index (χ2v) is 5.25. The summed E-state index contributed by atoms with van der Waals surface area (Å²) in [6.45, 7) is 2.49. The van der Waals surface area contributed by atoms with Crippen LogP contribution in [0.4, 0.5) is 4.79 Å². The van der Waals surface area contributed by atoms with Crippen LogP contribution in [0.3, 0.4) is 0 Å². The highest BCUT2D eigenvalue weighted by Gasteiger charge is 2.39. The Morgan fingerprint density at radius 1 is 1.09 bits per heavy atom. The smallest absolute Gasteiger partial charge is 0.326 e. The molecule has 0 radical (unpaired) electrons. The van der Waals surface area contributed by atoms with Gasteiger partial charge < -0.3 is 4.74 Å². The molecule has 3 rings (SSSR count). The first kappa shape index (κ1) is 15.2. The van der Waals surface area contributed by atoms with Gasteiger partial charge in [-0.1, -0.05) is 54.6 Å². The molecule has 1 N–H and O–H groups in total. The Hall–Kier alpha value is -2.66. The van der Waals surface area contributed by atoms with Crippen LogP contribution in [0.1, 0.15) is 12.5 Å². The minimum Gasteiger partial charge on any atom is -0.361 e. The van der Waals surface area contributed by atoms with Gasteiger partial charge in [-0.05, 0) is 18.1 Å².